The molecule has 0 aromatic carbocycles. The summed E-state index contributed by atoms with van der Waals surface area (Å²) >= 11 is 5.65. The van der Waals surface area contributed by atoms with Gasteiger partial charge in [-0.25, -0.2) is 4.79 Å². The van der Waals surface area contributed by atoms with E-state index in [4.69, 9.17) is 26.6 Å². The van der Waals surface area contributed by atoms with Crippen molar-refractivity contribution in [3.05, 3.63) is 11.6 Å². The number of nitrogens with one attached hydrogen (secondary N) is 2. The van der Waals surface area contributed by atoms with Crippen molar-refractivity contribution in [2.75, 3.05) is 0 Å². The summed E-state index contributed by atoms with van der Waals surface area (Å²) in [5.41, 5.74) is 1.42. The van der Waals surface area contributed by atoms with E-state index < -0.39 is 24.2 Å². The van der Waals surface area contributed by atoms with Gasteiger partial charge in [0, 0.05) is 24.5 Å². The van der Waals surface area contributed by atoms with E-state index in [1.165, 1.54) is 12.5 Å². The summed E-state index contributed by atoms with van der Waals surface area (Å²) in [5.74, 6) is -3.33. The standard InChI is InChI=1S/C14H23ClN2O3.C2HF3O2/c1-8(2)6-11(16-9(3)18)13-10(4-5-15)7-12(17-13)14(19)20;3-2(4,5)1(6)7/h4-5,8,10-13,17H,6-7H2,1-3H3,(H,16,18)(H,19,20);(H,6,7)/b5-4-;/t10-,11+,12-,13-;/m1./s1. The van der Waals surface area contributed by atoms with Gasteiger partial charge in [-0.2, -0.15) is 13.2 Å². The number of hydrogen-bond acceptors (Lipinski definition) is 4. The number of carbonyl (C=O) groups excluding carboxylic acids is 1. The lowest BCUT2D eigenvalue weighted by Crippen LogP contribution is -2.51. The summed E-state index contributed by atoms with van der Waals surface area (Å²) in [7, 11) is 0. The molecule has 0 unspecified atom stereocenters. The van der Waals surface area contributed by atoms with Crippen molar-refractivity contribution in [3.8, 4) is 0 Å². The predicted molar refractivity (Wildman–Crippen MR) is 92.2 cm³/mol. The Balaban J connectivity index is 0.000000821. The Morgan fingerprint density at radius 3 is 2.15 bits per heavy atom. The van der Waals surface area contributed by atoms with Gasteiger partial charge in [0.05, 0.1) is 0 Å². The lowest BCUT2D eigenvalue weighted by molar-refractivity contribution is -0.192. The Bertz CT molecular complexity index is 555. The molecule has 0 aliphatic carbocycles. The zero-order valence-electron chi connectivity index (χ0n) is 15.1. The van der Waals surface area contributed by atoms with E-state index in [1.54, 1.807) is 6.08 Å². The van der Waals surface area contributed by atoms with Gasteiger partial charge in [-0.3, -0.25) is 14.9 Å². The fourth-order valence-electron chi connectivity index (χ4n) is 2.79. The molecule has 11 heteroatoms. The second kappa shape index (κ2) is 11.1. The Labute approximate surface area is 159 Å². The van der Waals surface area contributed by atoms with Gasteiger partial charge in [0.25, 0.3) is 0 Å². The molecule has 4 atom stereocenters. The van der Waals surface area contributed by atoms with Gasteiger partial charge in [-0.1, -0.05) is 31.5 Å². The first kappa shape index (κ1) is 25.2. The van der Waals surface area contributed by atoms with Crippen LogP contribution in [0.3, 0.4) is 0 Å². The molecule has 1 heterocycles. The normalized spacial score (nSPS) is 23.6. The Morgan fingerprint density at radius 2 is 1.81 bits per heavy atom. The van der Waals surface area contributed by atoms with E-state index in [-0.39, 0.29) is 23.9 Å². The van der Waals surface area contributed by atoms with Crippen LogP contribution >= 0.6 is 11.6 Å². The van der Waals surface area contributed by atoms with Crippen molar-refractivity contribution in [3.63, 3.8) is 0 Å². The third kappa shape index (κ3) is 9.62. The van der Waals surface area contributed by atoms with E-state index in [9.17, 15) is 22.8 Å². The number of carbonyl (C=O) groups is 3. The predicted octanol–water partition coefficient (Wildman–Crippen LogP) is 2.35. The second-order valence-corrected chi connectivity index (χ2v) is 6.79. The molecule has 27 heavy (non-hydrogen) atoms. The Kier molecular flexibility index (Phi) is 10.4. The summed E-state index contributed by atoms with van der Waals surface area (Å²) in [5, 5.41) is 22.3. The average Bonchev–Trinajstić information content (AvgIpc) is 2.90. The number of alkyl halides is 3. The zero-order valence-corrected chi connectivity index (χ0v) is 15.8. The third-order valence-corrected chi connectivity index (χ3v) is 3.92. The van der Waals surface area contributed by atoms with Gasteiger partial charge in [-0.15, -0.1) is 0 Å². The van der Waals surface area contributed by atoms with Crippen LogP contribution in [0.25, 0.3) is 0 Å². The molecule has 1 saturated heterocycles. The molecule has 0 radical (unpaired) electrons. The lowest BCUT2D eigenvalue weighted by Gasteiger charge is -2.29. The molecular formula is C16H24ClF3N2O5. The van der Waals surface area contributed by atoms with Crippen LogP contribution in [0.15, 0.2) is 11.6 Å². The number of hydrogen-bond donors (Lipinski definition) is 4. The van der Waals surface area contributed by atoms with Gasteiger partial charge in [0.1, 0.15) is 6.04 Å². The minimum atomic E-state index is -5.08. The van der Waals surface area contributed by atoms with Crippen LogP contribution < -0.4 is 10.6 Å². The van der Waals surface area contributed by atoms with Crippen LogP contribution in [0.2, 0.25) is 0 Å². The van der Waals surface area contributed by atoms with Gasteiger partial charge < -0.3 is 15.5 Å². The van der Waals surface area contributed by atoms with E-state index >= 15 is 0 Å². The van der Waals surface area contributed by atoms with E-state index in [1.807, 2.05) is 0 Å². The van der Waals surface area contributed by atoms with E-state index in [0.29, 0.717) is 12.3 Å². The van der Waals surface area contributed by atoms with Gasteiger partial charge in [0.15, 0.2) is 0 Å². The summed E-state index contributed by atoms with van der Waals surface area (Å²) in [4.78, 5) is 31.4. The van der Waals surface area contributed by atoms with Crippen LogP contribution in [0.4, 0.5) is 13.2 Å². The molecule has 7 nitrogen and oxygen atoms in total. The van der Waals surface area contributed by atoms with E-state index in [2.05, 4.69) is 24.5 Å². The highest BCUT2D eigenvalue weighted by Crippen LogP contribution is 2.27. The first-order valence-electron chi connectivity index (χ1n) is 8.12. The van der Waals surface area contributed by atoms with Crippen LogP contribution in [0.1, 0.15) is 33.6 Å². The summed E-state index contributed by atoms with van der Waals surface area (Å²) in [6.45, 7) is 5.62. The minimum Gasteiger partial charge on any atom is -0.480 e. The van der Waals surface area contributed by atoms with Gasteiger partial charge in [-0.05, 0) is 24.7 Å². The summed E-state index contributed by atoms with van der Waals surface area (Å²) in [6.07, 6.45) is -2.01. The Hall–Kier alpha value is -1.81. The first-order valence-corrected chi connectivity index (χ1v) is 8.56. The van der Waals surface area contributed by atoms with Gasteiger partial charge in [0.2, 0.25) is 5.91 Å². The van der Waals surface area contributed by atoms with Crippen molar-refractivity contribution in [1.82, 2.24) is 10.6 Å². The maximum Gasteiger partial charge on any atom is 0.490 e. The van der Waals surface area contributed by atoms with Crippen molar-refractivity contribution in [2.24, 2.45) is 11.8 Å². The highest BCUT2D eigenvalue weighted by Gasteiger charge is 2.40. The molecule has 0 bridgehead atoms. The van der Waals surface area contributed by atoms with Crippen LogP contribution in [0, 0.1) is 11.8 Å². The number of carboxylic acids is 2. The molecule has 1 aliphatic heterocycles. The quantitative estimate of drug-likeness (QED) is 0.528. The molecular weight excluding hydrogens is 393 g/mol. The first-order chi connectivity index (χ1) is 12.3. The van der Waals surface area contributed by atoms with Crippen LogP contribution in [0.5, 0.6) is 0 Å². The second-order valence-electron chi connectivity index (χ2n) is 6.54. The summed E-state index contributed by atoms with van der Waals surface area (Å²) < 4.78 is 31.7. The molecule has 1 aliphatic rings. The summed E-state index contributed by atoms with van der Waals surface area (Å²) in [6, 6.07) is -0.812. The number of aliphatic carboxylic acids is 2. The number of amides is 1. The fourth-order valence-corrected chi connectivity index (χ4v) is 2.97. The van der Waals surface area contributed by atoms with Crippen molar-refractivity contribution in [1.29, 1.82) is 0 Å². The van der Waals surface area contributed by atoms with Crippen LogP contribution in [-0.4, -0.2) is 52.4 Å². The molecule has 4 N–H and O–H groups in total. The molecule has 0 aromatic heterocycles. The minimum absolute atomic E-state index is 0.00389. The maximum absolute atomic E-state index is 11.4. The highest BCUT2D eigenvalue weighted by atomic mass is 35.5. The fraction of sp³-hybridized carbons (Fsp3) is 0.688. The molecule has 1 rings (SSSR count). The van der Waals surface area contributed by atoms with Gasteiger partial charge >= 0.3 is 18.1 Å². The number of rotatable bonds is 6. The maximum atomic E-state index is 11.4. The smallest absolute Gasteiger partial charge is 0.480 e. The third-order valence-electron chi connectivity index (χ3n) is 3.77. The van der Waals surface area contributed by atoms with Crippen molar-refractivity contribution in [2.45, 2.75) is 57.9 Å². The molecule has 0 aromatic rings. The highest BCUT2D eigenvalue weighted by molar-refractivity contribution is 6.25. The van der Waals surface area contributed by atoms with Crippen LogP contribution in [-0.2, 0) is 14.4 Å². The molecule has 0 saturated carbocycles. The Morgan fingerprint density at radius 1 is 1.30 bits per heavy atom. The SMILES string of the molecule is CC(=O)N[C@@H](CC(C)C)[C@@H]1N[C@@H](C(=O)O)C[C@H]1/C=C\Cl.O=C(O)C(F)(F)F. The molecule has 0 spiro atoms. The van der Waals surface area contributed by atoms with Crippen molar-refractivity contribution >= 4 is 29.4 Å². The average molecular weight is 417 g/mol. The van der Waals surface area contributed by atoms with Crippen molar-refractivity contribution < 1.29 is 37.8 Å². The zero-order chi connectivity index (χ0) is 21.4. The number of carboxylic acid groups (broad SMARTS) is 2. The monoisotopic (exact) mass is 416 g/mol. The number of halogens is 4. The van der Waals surface area contributed by atoms with E-state index in [0.717, 1.165) is 6.42 Å². The largest absolute Gasteiger partial charge is 0.490 e. The molecule has 1 fully saturated rings. The lowest BCUT2D eigenvalue weighted by atomic mass is 9.89. The molecule has 156 valence electrons. The molecule has 1 amide bonds. The topological polar surface area (TPSA) is 116 Å².